The number of nitrogens with zero attached hydrogens (tertiary/aromatic N) is 2. The van der Waals surface area contributed by atoms with Gasteiger partial charge in [0.15, 0.2) is 5.16 Å². The summed E-state index contributed by atoms with van der Waals surface area (Å²) in [5, 5.41) is 3.45. The second-order valence-electron chi connectivity index (χ2n) is 6.28. The van der Waals surface area contributed by atoms with Crippen LogP contribution in [0.25, 0.3) is 0 Å². The number of aromatic nitrogens is 2. The van der Waals surface area contributed by atoms with Gasteiger partial charge in [-0.25, -0.2) is 0 Å². The van der Waals surface area contributed by atoms with E-state index in [0.717, 1.165) is 17.7 Å². The molecule has 8 heteroatoms. The Hall–Kier alpha value is -2.48. The summed E-state index contributed by atoms with van der Waals surface area (Å²) in [7, 11) is 4.95. The van der Waals surface area contributed by atoms with Crippen LogP contribution < -0.4 is 20.3 Å². The summed E-state index contributed by atoms with van der Waals surface area (Å²) in [5.74, 6) is 2.01. The maximum absolute atomic E-state index is 12.9. The van der Waals surface area contributed by atoms with Gasteiger partial charge in [0.2, 0.25) is 5.91 Å². The number of hydrogen-bond donors (Lipinski definition) is 1. The normalized spacial score (nSPS) is 15.9. The Bertz CT molecular complexity index is 926. The largest absolute Gasteiger partial charge is 0.497 e. The van der Waals surface area contributed by atoms with Crippen molar-refractivity contribution in [3.05, 3.63) is 39.7 Å². The SMILES string of the molecule is CCCSc1nc(=O)c2c(n1C)NC(=O)C[C@H]2c1ccc(OC)cc1OC. The van der Waals surface area contributed by atoms with Crippen LogP contribution in [-0.2, 0) is 11.8 Å². The molecule has 1 aromatic heterocycles. The number of fused-ring (bicyclic) bond motifs is 1. The zero-order chi connectivity index (χ0) is 19.6. The number of amides is 1. The van der Waals surface area contributed by atoms with Gasteiger partial charge in [0.05, 0.1) is 19.8 Å². The molecule has 7 nitrogen and oxygen atoms in total. The van der Waals surface area contributed by atoms with Crippen LogP contribution in [-0.4, -0.2) is 35.4 Å². The highest BCUT2D eigenvalue weighted by atomic mass is 32.2. The van der Waals surface area contributed by atoms with Crippen LogP contribution >= 0.6 is 11.8 Å². The molecule has 1 aliphatic rings. The highest BCUT2D eigenvalue weighted by Gasteiger charge is 2.33. The number of ether oxygens (including phenoxy) is 2. The average Bonchev–Trinajstić information content (AvgIpc) is 2.68. The zero-order valence-corrected chi connectivity index (χ0v) is 16.7. The first-order chi connectivity index (χ1) is 13.0. The number of methoxy groups -OCH3 is 2. The molecule has 0 radical (unpaired) electrons. The van der Waals surface area contributed by atoms with E-state index < -0.39 is 5.92 Å². The smallest absolute Gasteiger partial charge is 0.279 e. The third-order valence-electron chi connectivity index (χ3n) is 4.55. The van der Waals surface area contributed by atoms with Crippen molar-refractivity contribution in [2.75, 3.05) is 25.3 Å². The van der Waals surface area contributed by atoms with Crippen molar-refractivity contribution in [3.63, 3.8) is 0 Å². The van der Waals surface area contributed by atoms with E-state index in [4.69, 9.17) is 9.47 Å². The van der Waals surface area contributed by atoms with Gasteiger partial charge in [-0.3, -0.25) is 9.59 Å². The first-order valence-electron chi connectivity index (χ1n) is 8.75. The van der Waals surface area contributed by atoms with Gasteiger partial charge in [-0.1, -0.05) is 24.8 Å². The monoisotopic (exact) mass is 389 g/mol. The average molecular weight is 389 g/mol. The lowest BCUT2D eigenvalue weighted by atomic mass is 9.86. The molecule has 0 spiro atoms. The van der Waals surface area contributed by atoms with Crippen molar-refractivity contribution < 1.29 is 14.3 Å². The van der Waals surface area contributed by atoms with Gasteiger partial charge in [0.25, 0.3) is 5.56 Å². The molecule has 0 saturated carbocycles. The lowest BCUT2D eigenvalue weighted by Gasteiger charge is -2.28. The molecule has 0 aliphatic carbocycles. The quantitative estimate of drug-likeness (QED) is 0.604. The molecule has 0 fully saturated rings. The van der Waals surface area contributed by atoms with E-state index >= 15 is 0 Å². The van der Waals surface area contributed by atoms with Crippen LogP contribution in [0, 0.1) is 0 Å². The van der Waals surface area contributed by atoms with E-state index in [0.29, 0.717) is 28.0 Å². The molecule has 27 heavy (non-hydrogen) atoms. The highest BCUT2D eigenvalue weighted by Crippen LogP contribution is 2.40. The fourth-order valence-electron chi connectivity index (χ4n) is 3.23. The minimum Gasteiger partial charge on any atom is -0.497 e. The molecule has 0 saturated heterocycles. The molecule has 0 bridgehead atoms. The van der Waals surface area contributed by atoms with Gasteiger partial charge in [0.1, 0.15) is 17.3 Å². The Morgan fingerprint density at radius 2 is 2.07 bits per heavy atom. The maximum atomic E-state index is 12.9. The van der Waals surface area contributed by atoms with Gasteiger partial charge in [-0.2, -0.15) is 4.98 Å². The molecule has 2 aromatic rings. The number of thioether (sulfide) groups is 1. The number of anilines is 1. The first kappa shape index (κ1) is 19.3. The summed E-state index contributed by atoms with van der Waals surface area (Å²) < 4.78 is 12.5. The molecule has 1 aromatic carbocycles. The van der Waals surface area contributed by atoms with Crippen LogP contribution in [0.5, 0.6) is 11.5 Å². The predicted octanol–water partition coefficient (Wildman–Crippen LogP) is 2.77. The second-order valence-corrected chi connectivity index (χ2v) is 7.34. The van der Waals surface area contributed by atoms with E-state index in [1.54, 1.807) is 30.9 Å². The predicted molar refractivity (Wildman–Crippen MR) is 105 cm³/mol. The number of carbonyl (C=O) groups is 1. The molecule has 1 aliphatic heterocycles. The van der Waals surface area contributed by atoms with Gasteiger partial charge in [-0.05, 0) is 12.5 Å². The van der Waals surface area contributed by atoms with Crippen molar-refractivity contribution in [1.29, 1.82) is 0 Å². The Morgan fingerprint density at radius 1 is 1.30 bits per heavy atom. The van der Waals surface area contributed by atoms with Gasteiger partial charge in [0, 0.05) is 36.8 Å². The minimum atomic E-state index is -0.425. The summed E-state index contributed by atoms with van der Waals surface area (Å²) in [5.41, 5.74) is 0.938. The van der Waals surface area contributed by atoms with E-state index in [1.165, 1.54) is 11.8 Å². The van der Waals surface area contributed by atoms with Crippen molar-refractivity contribution in [1.82, 2.24) is 9.55 Å². The van der Waals surface area contributed by atoms with E-state index in [1.807, 2.05) is 13.1 Å². The standard InChI is InChI=1S/C19H23N3O4S/c1-5-8-27-19-21-18(24)16-13(10-15(23)20-17(16)22(19)2)12-7-6-11(25-3)9-14(12)26-4/h6-7,9,13H,5,8,10H2,1-4H3,(H,20,23)/t13-/m0/s1. The maximum Gasteiger partial charge on any atom is 0.279 e. The number of rotatable bonds is 6. The summed E-state index contributed by atoms with van der Waals surface area (Å²) in [6, 6.07) is 5.39. The lowest BCUT2D eigenvalue weighted by molar-refractivity contribution is -0.116. The zero-order valence-electron chi connectivity index (χ0n) is 15.9. The van der Waals surface area contributed by atoms with Gasteiger partial charge >= 0.3 is 0 Å². The molecular weight excluding hydrogens is 366 g/mol. The van der Waals surface area contributed by atoms with Crippen molar-refractivity contribution in [3.8, 4) is 11.5 Å². The Kier molecular flexibility index (Phi) is 5.74. The molecule has 1 atom stereocenters. The Morgan fingerprint density at radius 3 is 2.74 bits per heavy atom. The fourth-order valence-corrected chi connectivity index (χ4v) is 4.05. The molecule has 1 amide bonds. The summed E-state index contributed by atoms with van der Waals surface area (Å²) >= 11 is 1.50. The topological polar surface area (TPSA) is 82.5 Å². The minimum absolute atomic E-state index is 0.141. The van der Waals surface area contributed by atoms with Gasteiger partial charge in [-0.15, -0.1) is 0 Å². The Labute approximate surface area is 162 Å². The first-order valence-corrected chi connectivity index (χ1v) is 9.74. The molecule has 3 rings (SSSR count). The van der Waals surface area contributed by atoms with Gasteiger partial charge < -0.3 is 19.4 Å². The van der Waals surface area contributed by atoms with Crippen molar-refractivity contribution in [2.24, 2.45) is 7.05 Å². The summed E-state index contributed by atoms with van der Waals surface area (Å²) in [4.78, 5) is 29.5. The molecular formula is C19H23N3O4S. The number of hydrogen-bond acceptors (Lipinski definition) is 6. The van der Waals surface area contributed by atoms with E-state index in [9.17, 15) is 9.59 Å². The third-order valence-corrected chi connectivity index (χ3v) is 5.79. The van der Waals surface area contributed by atoms with Crippen molar-refractivity contribution in [2.45, 2.75) is 30.8 Å². The molecule has 1 N–H and O–H groups in total. The van der Waals surface area contributed by atoms with Crippen LogP contribution in [0.15, 0.2) is 28.2 Å². The summed E-state index contributed by atoms with van der Waals surface area (Å²) in [6.45, 7) is 2.07. The van der Waals surface area contributed by atoms with Crippen LogP contribution in [0.2, 0.25) is 0 Å². The molecule has 2 heterocycles. The molecule has 144 valence electrons. The van der Waals surface area contributed by atoms with Crippen LogP contribution in [0.3, 0.4) is 0 Å². The summed E-state index contributed by atoms with van der Waals surface area (Å²) in [6.07, 6.45) is 1.13. The van der Waals surface area contributed by atoms with Crippen molar-refractivity contribution >= 4 is 23.5 Å². The third kappa shape index (κ3) is 3.66. The number of nitrogens with one attached hydrogen (secondary N) is 1. The number of benzene rings is 1. The van der Waals surface area contributed by atoms with Crippen LogP contribution in [0.1, 0.15) is 36.8 Å². The Balaban J connectivity index is 2.16. The lowest BCUT2D eigenvalue weighted by Crippen LogP contribution is -2.33. The highest BCUT2D eigenvalue weighted by molar-refractivity contribution is 7.99. The van der Waals surface area contributed by atoms with Crippen LogP contribution in [0.4, 0.5) is 5.82 Å². The number of carbonyl (C=O) groups excluding carboxylic acids is 1. The molecule has 0 unspecified atom stereocenters. The van der Waals surface area contributed by atoms with E-state index in [2.05, 4.69) is 17.2 Å². The fraction of sp³-hybridized carbons (Fsp3) is 0.421. The van der Waals surface area contributed by atoms with E-state index in [-0.39, 0.29) is 17.9 Å². The second kappa shape index (κ2) is 8.04.